The Morgan fingerprint density at radius 1 is 1.38 bits per heavy atom. The molecule has 2 aliphatic carbocycles. The van der Waals surface area contributed by atoms with Gasteiger partial charge in [-0.15, -0.1) is 0 Å². The van der Waals surface area contributed by atoms with Gasteiger partial charge in [-0.05, 0) is 31.1 Å². The van der Waals surface area contributed by atoms with Gasteiger partial charge in [-0.2, -0.15) is 0 Å². The summed E-state index contributed by atoms with van der Waals surface area (Å²) in [6.45, 7) is 0.490. The van der Waals surface area contributed by atoms with E-state index in [0.29, 0.717) is 12.6 Å². The maximum atomic E-state index is 11.0. The maximum Gasteiger partial charge on any atom is 0.233 e. The summed E-state index contributed by atoms with van der Waals surface area (Å²) >= 11 is 0. The van der Waals surface area contributed by atoms with Crippen LogP contribution in [0.2, 0.25) is 0 Å². The third-order valence-corrected chi connectivity index (χ3v) is 3.54. The molecule has 0 aromatic carbocycles. The molecule has 2 bridgehead atoms. The number of fused-ring (bicyclic) bond motifs is 2. The van der Waals surface area contributed by atoms with Gasteiger partial charge in [-0.1, -0.05) is 6.42 Å². The number of nitrogens with one attached hydrogen (secondary N) is 2. The Hall–Kier alpha value is -0.570. The molecule has 0 spiro atoms. The van der Waals surface area contributed by atoms with Crippen molar-refractivity contribution in [2.75, 3.05) is 13.6 Å². The van der Waals surface area contributed by atoms with Crippen LogP contribution in [-0.2, 0) is 4.79 Å². The highest BCUT2D eigenvalue weighted by molar-refractivity contribution is 5.77. The van der Waals surface area contributed by atoms with Crippen molar-refractivity contribution in [3.05, 3.63) is 0 Å². The Kier molecular flexibility index (Phi) is 2.54. The van der Waals surface area contributed by atoms with E-state index in [0.717, 1.165) is 11.8 Å². The molecule has 3 heteroatoms. The number of carbonyl (C=O) groups is 1. The van der Waals surface area contributed by atoms with E-state index in [1.165, 1.54) is 25.7 Å². The molecule has 3 atom stereocenters. The molecule has 0 aromatic rings. The maximum absolute atomic E-state index is 11.0. The topological polar surface area (TPSA) is 41.1 Å². The predicted octanol–water partition coefficient (Wildman–Crippen LogP) is 0.511. The molecule has 0 radical (unpaired) electrons. The number of carbonyl (C=O) groups excluding carboxylic acids is 1. The van der Waals surface area contributed by atoms with Crippen molar-refractivity contribution in [2.45, 2.75) is 31.7 Å². The first kappa shape index (κ1) is 9.00. The lowest BCUT2D eigenvalue weighted by Crippen LogP contribution is -2.40. The van der Waals surface area contributed by atoms with E-state index in [4.69, 9.17) is 0 Å². The smallest absolute Gasteiger partial charge is 0.233 e. The molecule has 0 aliphatic heterocycles. The van der Waals surface area contributed by atoms with Crippen LogP contribution in [0.15, 0.2) is 0 Å². The zero-order valence-electron chi connectivity index (χ0n) is 8.18. The molecular weight excluding hydrogens is 164 g/mol. The van der Waals surface area contributed by atoms with E-state index in [-0.39, 0.29) is 5.91 Å². The van der Waals surface area contributed by atoms with Gasteiger partial charge >= 0.3 is 0 Å². The first-order valence-corrected chi connectivity index (χ1v) is 5.23. The van der Waals surface area contributed by atoms with Crippen LogP contribution in [-0.4, -0.2) is 25.5 Å². The molecule has 2 saturated carbocycles. The lowest BCUT2D eigenvalue weighted by atomic mass is 9.95. The van der Waals surface area contributed by atoms with Gasteiger partial charge in [-0.3, -0.25) is 4.79 Å². The van der Waals surface area contributed by atoms with Gasteiger partial charge in [0, 0.05) is 13.1 Å². The predicted molar refractivity (Wildman–Crippen MR) is 51.3 cm³/mol. The van der Waals surface area contributed by atoms with E-state index in [1.54, 1.807) is 7.05 Å². The summed E-state index contributed by atoms with van der Waals surface area (Å²) < 4.78 is 0. The van der Waals surface area contributed by atoms with Gasteiger partial charge in [0.05, 0.1) is 6.54 Å². The van der Waals surface area contributed by atoms with Crippen LogP contribution in [0.4, 0.5) is 0 Å². The molecule has 2 rings (SSSR count). The minimum atomic E-state index is 0.0998. The summed E-state index contributed by atoms with van der Waals surface area (Å²) in [6.07, 6.45) is 5.48. The van der Waals surface area contributed by atoms with E-state index in [2.05, 4.69) is 10.6 Å². The number of hydrogen-bond acceptors (Lipinski definition) is 2. The highest BCUT2D eigenvalue weighted by Gasteiger charge is 2.39. The second-order valence-corrected chi connectivity index (χ2v) is 4.34. The van der Waals surface area contributed by atoms with Crippen molar-refractivity contribution < 1.29 is 4.79 Å². The van der Waals surface area contributed by atoms with Gasteiger partial charge in [0.1, 0.15) is 0 Å². The summed E-state index contributed by atoms with van der Waals surface area (Å²) in [5.41, 5.74) is 0. The largest absolute Gasteiger partial charge is 0.358 e. The molecule has 2 aliphatic rings. The van der Waals surface area contributed by atoms with Crippen LogP contribution in [0.5, 0.6) is 0 Å². The van der Waals surface area contributed by atoms with E-state index in [1.807, 2.05) is 0 Å². The number of amides is 1. The molecule has 0 heterocycles. The monoisotopic (exact) mass is 182 g/mol. The van der Waals surface area contributed by atoms with Crippen LogP contribution < -0.4 is 10.6 Å². The Morgan fingerprint density at radius 2 is 2.23 bits per heavy atom. The van der Waals surface area contributed by atoms with Crippen molar-refractivity contribution in [3.8, 4) is 0 Å². The zero-order chi connectivity index (χ0) is 9.26. The summed E-state index contributed by atoms with van der Waals surface area (Å²) in [5.74, 6) is 1.91. The van der Waals surface area contributed by atoms with Crippen LogP contribution in [0.3, 0.4) is 0 Å². The molecule has 3 unspecified atom stereocenters. The molecule has 0 saturated heterocycles. The third kappa shape index (κ3) is 1.85. The molecule has 74 valence electrons. The SMILES string of the molecule is CNC(=O)CNC1CC2CCC1C2. The lowest BCUT2D eigenvalue weighted by Gasteiger charge is -2.22. The molecule has 2 fully saturated rings. The summed E-state index contributed by atoms with van der Waals surface area (Å²) in [6, 6.07) is 0.621. The Balaban J connectivity index is 1.74. The first-order valence-electron chi connectivity index (χ1n) is 5.23. The average molecular weight is 182 g/mol. The lowest BCUT2D eigenvalue weighted by molar-refractivity contribution is -0.119. The summed E-state index contributed by atoms with van der Waals surface area (Å²) in [7, 11) is 1.69. The number of hydrogen-bond donors (Lipinski definition) is 2. The van der Waals surface area contributed by atoms with Crippen LogP contribution in [0.1, 0.15) is 25.7 Å². The second kappa shape index (κ2) is 3.66. The van der Waals surface area contributed by atoms with Crippen LogP contribution >= 0.6 is 0 Å². The zero-order valence-corrected chi connectivity index (χ0v) is 8.18. The van der Waals surface area contributed by atoms with E-state index in [9.17, 15) is 4.79 Å². The number of likely N-dealkylation sites (N-methyl/N-ethyl adjacent to an activating group) is 1. The molecule has 2 N–H and O–H groups in total. The first-order chi connectivity index (χ1) is 6.29. The van der Waals surface area contributed by atoms with Gasteiger partial charge < -0.3 is 10.6 Å². The Bertz CT molecular complexity index is 205. The van der Waals surface area contributed by atoms with Crippen molar-refractivity contribution in [2.24, 2.45) is 11.8 Å². The van der Waals surface area contributed by atoms with Gasteiger partial charge in [0.15, 0.2) is 0 Å². The van der Waals surface area contributed by atoms with Crippen LogP contribution in [0, 0.1) is 11.8 Å². The van der Waals surface area contributed by atoms with Crippen molar-refractivity contribution >= 4 is 5.91 Å². The Labute approximate surface area is 79.3 Å². The standard InChI is InChI=1S/C10H18N2O/c1-11-10(13)6-12-9-5-7-2-3-8(9)4-7/h7-9,12H,2-6H2,1H3,(H,11,13). The fourth-order valence-corrected chi connectivity index (χ4v) is 2.81. The van der Waals surface area contributed by atoms with E-state index >= 15 is 0 Å². The minimum absolute atomic E-state index is 0.0998. The molecule has 13 heavy (non-hydrogen) atoms. The average Bonchev–Trinajstić information content (AvgIpc) is 2.74. The van der Waals surface area contributed by atoms with Crippen LogP contribution in [0.25, 0.3) is 0 Å². The molecule has 1 amide bonds. The highest BCUT2D eigenvalue weighted by Crippen LogP contribution is 2.44. The van der Waals surface area contributed by atoms with Crippen molar-refractivity contribution in [1.82, 2.24) is 10.6 Å². The molecular formula is C10H18N2O. The van der Waals surface area contributed by atoms with E-state index < -0.39 is 0 Å². The fourth-order valence-electron chi connectivity index (χ4n) is 2.81. The summed E-state index contributed by atoms with van der Waals surface area (Å²) in [4.78, 5) is 11.0. The second-order valence-electron chi connectivity index (χ2n) is 4.34. The fraction of sp³-hybridized carbons (Fsp3) is 0.900. The normalized spacial score (nSPS) is 36.5. The number of rotatable bonds is 3. The van der Waals surface area contributed by atoms with Gasteiger partial charge in [-0.25, -0.2) is 0 Å². The minimum Gasteiger partial charge on any atom is -0.358 e. The molecule has 0 aromatic heterocycles. The quantitative estimate of drug-likeness (QED) is 0.667. The van der Waals surface area contributed by atoms with Gasteiger partial charge in [0.25, 0.3) is 0 Å². The van der Waals surface area contributed by atoms with Gasteiger partial charge in [0.2, 0.25) is 5.91 Å². The third-order valence-electron chi connectivity index (χ3n) is 3.54. The summed E-state index contributed by atoms with van der Waals surface area (Å²) in [5, 5.41) is 5.98. The van der Waals surface area contributed by atoms with Crippen molar-refractivity contribution in [3.63, 3.8) is 0 Å². The van der Waals surface area contributed by atoms with Crippen molar-refractivity contribution in [1.29, 1.82) is 0 Å². The Morgan fingerprint density at radius 3 is 2.77 bits per heavy atom. The molecule has 3 nitrogen and oxygen atoms in total. The highest BCUT2D eigenvalue weighted by atomic mass is 16.1.